The van der Waals surface area contributed by atoms with Crippen molar-refractivity contribution in [2.75, 3.05) is 31.1 Å². The number of carbonyl (C=O) groups excluding carboxylic acids is 2. The summed E-state index contributed by atoms with van der Waals surface area (Å²) in [7, 11) is 0. The van der Waals surface area contributed by atoms with Crippen LogP contribution in [-0.2, 0) is 17.8 Å². The highest BCUT2D eigenvalue weighted by atomic mass is 35.5. The topological polar surface area (TPSA) is 52.7 Å². The number of anilines is 1. The maximum Gasteiger partial charge on any atom is 0.258 e. The van der Waals surface area contributed by atoms with Gasteiger partial charge in [0.25, 0.3) is 5.91 Å². The average Bonchev–Trinajstić information content (AvgIpc) is 2.89. The molecule has 36 heavy (non-hydrogen) atoms. The van der Waals surface area contributed by atoms with E-state index in [0.29, 0.717) is 22.8 Å². The Morgan fingerprint density at radius 1 is 0.917 bits per heavy atom. The van der Waals surface area contributed by atoms with Gasteiger partial charge in [-0.25, -0.2) is 4.39 Å². The molecule has 2 amide bonds. The van der Waals surface area contributed by atoms with Crippen LogP contribution in [0.15, 0.2) is 72.8 Å². The van der Waals surface area contributed by atoms with Crippen LogP contribution in [0.2, 0.25) is 5.02 Å². The Morgan fingerprint density at radius 2 is 1.64 bits per heavy atom. The van der Waals surface area contributed by atoms with Crippen molar-refractivity contribution >= 4 is 29.1 Å². The Kier molecular flexibility index (Phi) is 9.09. The van der Waals surface area contributed by atoms with Crippen molar-refractivity contribution in [2.24, 2.45) is 0 Å². The molecule has 1 saturated heterocycles. The van der Waals surface area contributed by atoms with Crippen LogP contribution in [0, 0.1) is 5.82 Å². The molecule has 1 aliphatic heterocycles. The third-order valence-electron chi connectivity index (χ3n) is 6.38. The van der Waals surface area contributed by atoms with E-state index < -0.39 is 0 Å². The molecule has 0 unspecified atom stereocenters. The van der Waals surface area contributed by atoms with E-state index in [-0.39, 0.29) is 30.6 Å². The highest BCUT2D eigenvalue weighted by Gasteiger charge is 2.19. The van der Waals surface area contributed by atoms with Crippen molar-refractivity contribution in [1.29, 1.82) is 0 Å². The van der Waals surface area contributed by atoms with E-state index in [2.05, 4.69) is 10.2 Å². The standard InChI is InChI=1S/C29H31ClFN3O2/c30-25-11-9-24(10-12-25)29(36)34(21-22-7-13-26(31)14-8-22)27-6-4-5-23(19-27)20-28(35)32-15-18-33-16-2-1-3-17-33/h4-14,19H,1-3,15-18,20-21H2,(H,32,35). The van der Waals surface area contributed by atoms with Gasteiger partial charge in [-0.15, -0.1) is 0 Å². The second-order valence-corrected chi connectivity index (χ2v) is 9.56. The number of amides is 2. The summed E-state index contributed by atoms with van der Waals surface area (Å²) >= 11 is 6.01. The van der Waals surface area contributed by atoms with Crippen LogP contribution >= 0.6 is 11.6 Å². The van der Waals surface area contributed by atoms with E-state index >= 15 is 0 Å². The van der Waals surface area contributed by atoms with Crippen molar-refractivity contribution in [2.45, 2.75) is 32.2 Å². The van der Waals surface area contributed by atoms with Crippen molar-refractivity contribution < 1.29 is 14.0 Å². The second-order valence-electron chi connectivity index (χ2n) is 9.12. The molecule has 0 aliphatic carbocycles. The molecule has 0 saturated carbocycles. The molecule has 0 bridgehead atoms. The summed E-state index contributed by atoms with van der Waals surface area (Å²) in [4.78, 5) is 30.1. The van der Waals surface area contributed by atoms with E-state index in [4.69, 9.17) is 11.6 Å². The molecule has 4 rings (SSSR count). The first-order chi connectivity index (χ1) is 17.5. The first-order valence-electron chi connectivity index (χ1n) is 12.4. The van der Waals surface area contributed by atoms with Crippen LogP contribution in [0.25, 0.3) is 0 Å². The van der Waals surface area contributed by atoms with Crippen LogP contribution in [0.3, 0.4) is 0 Å². The number of likely N-dealkylation sites (tertiary alicyclic amines) is 1. The van der Waals surface area contributed by atoms with Crippen LogP contribution in [0.4, 0.5) is 10.1 Å². The normalized spacial score (nSPS) is 13.8. The van der Waals surface area contributed by atoms with Gasteiger partial charge in [0, 0.05) is 29.4 Å². The first-order valence-corrected chi connectivity index (χ1v) is 12.8. The molecule has 5 nitrogen and oxygen atoms in total. The van der Waals surface area contributed by atoms with Gasteiger partial charge in [0.15, 0.2) is 0 Å². The number of rotatable bonds is 9. The number of hydrogen-bond donors (Lipinski definition) is 1. The smallest absolute Gasteiger partial charge is 0.258 e. The molecule has 1 aliphatic rings. The predicted molar refractivity (Wildman–Crippen MR) is 142 cm³/mol. The quantitative estimate of drug-likeness (QED) is 0.418. The molecule has 0 radical (unpaired) electrons. The number of carbonyl (C=O) groups is 2. The van der Waals surface area contributed by atoms with Gasteiger partial charge >= 0.3 is 0 Å². The van der Waals surface area contributed by atoms with Gasteiger partial charge in [0.2, 0.25) is 5.91 Å². The van der Waals surface area contributed by atoms with E-state index in [1.807, 2.05) is 24.3 Å². The third-order valence-corrected chi connectivity index (χ3v) is 6.63. The summed E-state index contributed by atoms with van der Waals surface area (Å²) in [6, 6.07) is 20.2. The highest BCUT2D eigenvalue weighted by molar-refractivity contribution is 6.30. The summed E-state index contributed by atoms with van der Waals surface area (Å²) in [6.07, 6.45) is 3.97. The van der Waals surface area contributed by atoms with Crippen molar-refractivity contribution in [1.82, 2.24) is 10.2 Å². The SMILES string of the molecule is O=C(Cc1cccc(N(Cc2ccc(F)cc2)C(=O)c2ccc(Cl)cc2)c1)NCCN1CCCCC1. The molecular formula is C29H31ClFN3O2. The fraction of sp³-hybridized carbons (Fsp3) is 0.310. The minimum absolute atomic E-state index is 0.0433. The number of halogens is 2. The molecule has 1 N–H and O–H groups in total. The second kappa shape index (κ2) is 12.7. The molecule has 3 aromatic rings. The summed E-state index contributed by atoms with van der Waals surface area (Å²) in [5.41, 5.74) is 2.76. The number of nitrogens with zero attached hydrogens (tertiary/aromatic N) is 2. The lowest BCUT2D eigenvalue weighted by molar-refractivity contribution is -0.120. The molecule has 0 spiro atoms. The minimum Gasteiger partial charge on any atom is -0.355 e. The summed E-state index contributed by atoms with van der Waals surface area (Å²) in [5, 5.41) is 3.56. The highest BCUT2D eigenvalue weighted by Crippen LogP contribution is 2.23. The largest absolute Gasteiger partial charge is 0.355 e. The number of nitrogens with one attached hydrogen (secondary N) is 1. The molecule has 188 valence electrons. The van der Waals surface area contributed by atoms with Crippen LogP contribution in [-0.4, -0.2) is 42.9 Å². The van der Waals surface area contributed by atoms with E-state index in [1.54, 1.807) is 41.3 Å². The lowest BCUT2D eigenvalue weighted by atomic mass is 10.1. The van der Waals surface area contributed by atoms with Gasteiger partial charge < -0.3 is 15.1 Å². The van der Waals surface area contributed by atoms with Gasteiger partial charge in [-0.1, -0.05) is 42.3 Å². The number of benzene rings is 3. The van der Waals surface area contributed by atoms with Crippen molar-refractivity contribution in [3.8, 4) is 0 Å². The summed E-state index contributed by atoms with van der Waals surface area (Å²) in [5.74, 6) is -0.583. The van der Waals surface area contributed by atoms with Crippen molar-refractivity contribution in [3.05, 3.63) is 100 Å². The Bertz CT molecular complexity index is 1160. The molecule has 1 fully saturated rings. The monoisotopic (exact) mass is 507 g/mol. The van der Waals surface area contributed by atoms with Gasteiger partial charge in [0.1, 0.15) is 5.82 Å². The summed E-state index contributed by atoms with van der Waals surface area (Å²) < 4.78 is 13.4. The van der Waals surface area contributed by atoms with E-state index in [1.165, 1.54) is 31.4 Å². The van der Waals surface area contributed by atoms with Crippen LogP contribution in [0.5, 0.6) is 0 Å². The van der Waals surface area contributed by atoms with Crippen molar-refractivity contribution in [3.63, 3.8) is 0 Å². The Morgan fingerprint density at radius 3 is 2.36 bits per heavy atom. The van der Waals surface area contributed by atoms with Crippen LogP contribution < -0.4 is 10.2 Å². The van der Waals surface area contributed by atoms with Crippen LogP contribution in [0.1, 0.15) is 40.7 Å². The third kappa shape index (κ3) is 7.39. The maximum absolute atomic E-state index is 13.5. The molecule has 0 atom stereocenters. The van der Waals surface area contributed by atoms with Gasteiger partial charge in [-0.2, -0.15) is 0 Å². The fourth-order valence-corrected chi connectivity index (χ4v) is 4.55. The number of hydrogen-bond acceptors (Lipinski definition) is 3. The van der Waals surface area contributed by atoms with Gasteiger partial charge in [-0.05, 0) is 85.6 Å². The Balaban J connectivity index is 1.47. The predicted octanol–water partition coefficient (Wildman–Crippen LogP) is 5.47. The molecule has 3 aromatic carbocycles. The van der Waals surface area contributed by atoms with E-state index in [9.17, 15) is 14.0 Å². The lowest BCUT2D eigenvalue weighted by Gasteiger charge is -2.26. The average molecular weight is 508 g/mol. The van der Waals surface area contributed by atoms with Gasteiger partial charge in [0.05, 0.1) is 13.0 Å². The Hall–Kier alpha value is -3.22. The number of piperidine rings is 1. The first kappa shape index (κ1) is 25.9. The fourth-order valence-electron chi connectivity index (χ4n) is 4.42. The van der Waals surface area contributed by atoms with E-state index in [0.717, 1.165) is 30.8 Å². The Labute approximate surface area is 216 Å². The zero-order valence-corrected chi connectivity index (χ0v) is 21.0. The maximum atomic E-state index is 13.5. The molecule has 0 aromatic heterocycles. The van der Waals surface area contributed by atoms with Gasteiger partial charge in [-0.3, -0.25) is 9.59 Å². The zero-order chi connectivity index (χ0) is 25.3. The zero-order valence-electron chi connectivity index (χ0n) is 20.3. The molecule has 7 heteroatoms. The molecule has 1 heterocycles. The minimum atomic E-state index is -0.331. The molecular weight excluding hydrogens is 477 g/mol. The summed E-state index contributed by atoms with van der Waals surface area (Å²) in [6.45, 7) is 3.96. The lowest BCUT2D eigenvalue weighted by Crippen LogP contribution is -2.38.